The van der Waals surface area contributed by atoms with E-state index < -0.39 is 0 Å². The van der Waals surface area contributed by atoms with Crippen LogP contribution in [-0.4, -0.2) is 5.11 Å². The Kier molecular flexibility index (Phi) is 6.07. The molecule has 6 nitrogen and oxygen atoms in total. The predicted molar refractivity (Wildman–Crippen MR) is 153 cm³/mol. The summed E-state index contributed by atoms with van der Waals surface area (Å²) in [6, 6.07) is 32.6. The van der Waals surface area contributed by atoms with Gasteiger partial charge in [0.15, 0.2) is 0 Å². The van der Waals surface area contributed by atoms with E-state index in [9.17, 15) is 5.11 Å². The van der Waals surface area contributed by atoms with Gasteiger partial charge in [0, 0.05) is 50.6 Å². The van der Waals surface area contributed by atoms with E-state index in [4.69, 9.17) is 17.2 Å². The van der Waals surface area contributed by atoms with Crippen LogP contribution in [0.25, 0.3) is 22.5 Å². The van der Waals surface area contributed by atoms with Gasteiger partial charge in [0.2, 0.25) is 0 Å². The van der Waals surface area contributed by atoms with E-state index in [1.54, 1.807) is 12.1 Å². The maximum atomic E-state index is 10.4. The SMILES string of the molecule is Nc1ccc(C=C(Nc2ccc(N)c3c(O)cccc23)c2ccc(Nc3ccc(N)cc3)cc2)cc1. The molecule has 0 radical (unpaired) electrons. The van der Waals surface area contributed by atoms with Gasteiger partial charge in [-0.1, -0.05) is 36.4 Å². The quantitative estimate of drug-likeness (QED) is 0.121. The number of anilines is 6. The molecular formula is C30H27N5O. The van der Waals surface area contributed by atoms with Gasteiger partial charge in [0.1, 0.15) is 5.75 Å². The van der Waals surface area contributed by atoms with E-state index in [1.165, 1.54) is 0 Å². The van der Waals surface area contributed by atoms with Crippen molar-refractivity contribution in [3.8, 4) is 5.75 Å². The fourth-order valence-electron chi connectivity index (χ4n) is 4.09. The van der Waals surface area contributed by atoms with Gasteiger partial charge in [-0.15, -0.1) is 0 Å². The van der Waals surface area contributed by atoms with Gasteiger partial charge in [0.05, 0.1) is 0 Å². The Labute approximate surface area is 209 Å². The number of hydrogen-bond donors (Lipinski definition) is 6. The maximum absolute atomic E-state index is 10.4. The summed E-state index contributed by atoms with van der Waals surface area (Å²) >= 11 is 0. The molecule has 0 saturated carbocycles. The van der Waals surface area contributed by atoms with Gasteiger partial charge in [-0.05, 0) is 83.9 Å². The largest absolute Gasteiger partial charge is 0.507 e. The van der Waals surface area contributed by atoms with Crippen LogP contribution in [-0.2, 0) is 0 Å². The lowest BCUT2D eigenvalue weighted by molar-refractivity contribution is 0.482. The van der Waals surface area contributed by atoms with E-state index in [0.29, 0.717) is 16.8 Å². The van der Waals surface area contributed by atoms with Crippen LogP contribution < -0.4 is 27.8 Å². The van der Waals surface area contributed by atoms with E-state index in [0.717, 1.165) is 45.0 Å². The minimum absolute atomic E-state index is 0.149. The van der Waals surface area contributed by atoms with Crippen LogP contribution in [0.2, 0.25) is 0 Å². The van der Waals surface area contributed by atoms with Crippen LogP contribution in [0.4, 0.5) is 34.1 Å². The topological polar surface area (TPSA) is 122 Å². The van der Waals surface area contributed by atoms with Crippen LogP contribution in [0.15, 0.2) is 103 Å². The summed E-state index contributed by atoms with van der Waals surface area (Å²) in [7, 11) is 0. The molecule has 0 atom stereocenters. The highest BCUT2D eigenvalue weighted by Crippen LogP contribution is 2.36. The summed E-state index contributed by atoms with van der Waals surface area (Å²) in [4.78, 5) is 0. The Bertz CT molecular complexity index is 1530. The van der Waals surface area contributed by atoms with E-state index in [-0.39, 0.29) is 5.75 Å². The third kappa shape index (κ3) is 4.88. The number of benzene rings is 5. The second-order valence-electron chi connectivity index (χ2n) is 8.58. The number of nitrogens with two attached hydrogens (primary N) is 3. The molecule has 9 N–H and O–H groups in total. The molecule has 36 heavy (non-hydrogen) atoms. The van der Waals surface area contributed by atoms with Crippen LogP contribution in [0, 0.1) is 0 Å². The van der Waals surface area contributed by atoms with Gasteiger partial charge < -0.3 is 32.9 Å². The number of hydrogen-bond acceptors (Lipinski definition) is 6. The summed E-state index contributed by atoms with van der Waals surface area (Å²) in [5, 5.41) is 18.8. The molecule has 0 unspecified atom stereocenters. The number of nitrogen functional groups attached to an aromatic ring is 3. The smallest absolute Gasteiger partial charge is 0.125 e. The van der Waals surface area contributed by atoms with Crippen molar-refractivity contribution in [3.05, 3.63) is 114 Å². The number of phenols is 1. The zero-order valence-electron chi connectivity index (χ0n) is 19.6. The number of aromatic hydroxyl groups is 1. The predicted octanol–water partition coefficient (Wildman–Crippen LogP) is 6.65. The lowest BCUT2D eigenvalue weighted by atomic mass is 10.0. The number of rotatable bonds is 6. The number of phenolic OH excluding ortho intramolecular Hbond substituents is 1. The summed E-state index contributed by atoms with van der Waals surface area (Å²) in [6.45, 7) is 0. The van der Waals surface area contributed by atoms with Crippen molar-refractivity contribution in [3.63, 3.8) is 0 Å². The third-order valence-corrected chi connectivity index (χ3v) is 5.96. The normalized spacial score (nSPS) is 11.4. The molecule has 0 aliphatic rings. The molecule has 6 heteroatoms. The standard InChI is InChI=1S/C30H27N5O/c31-21-8-4-19(5-9-21)18-28(35-27-17-16-26(33)30-25(27)2-1-3-29(30)36)20-6-12-23(13-7-20)34-24-14-10-22(32)11-15-24/h1-18,34-36H,31-33H2. The first-order valence-corrected chi connectivity index (χ1v) is 11.5. The van der Waals surface area contributed by atoms with Gasteiger partial charge in [0.25, 0.3) is 0 Å². The Morgan fingerprint density at radius 1 is 0.667 bits per heavy atom. The van der Waals surface area contributed by atoms with Crippen LogP contribution in [0.1, 0.15) is 11.1 Å². The maximum Gasteiger partial charge on any atom is 0.125 e. The first kappa shape index (κ1) is 22.7. The Balaban J connectivity index is 1.52. The van der Waals surface area contributed by atoms with E-state index >= 15 is 0 Å². The van der Waals surface area contributed by atoms with Crippen molar-refractivity contribution in [2.24, 2.45) is 0 Å². The molecule has 5 rings (SSSR count). The molecule has 5 aromatic carbocycles. The molecule has 0 aliphatic carbocycles. The first-order valence-electron chi connectivity index (χ1n) is 11.5. The molecule has 0 heterocycles. The second kappa shape index (κ2) is 9.64. The molecule has 0 bridgehead atoms. The fourth-order valence-corrected chi connectivity index (χ4v) is 4.09. The zero-order chi connectivity index (χ0) is 25.1. The van der Waals surface area contributed by atoms with Crippen molar-refractivity contribution in [2.45, 2.75) is 0 Å². The molecule has 0 spiro atoms. The fraction of sp³-hybridized carbons (Fsp3) is 0. The lowest BCUT2D eigenvalue weighted by Gasteiger charge is -2.16. The van der Waals surface area contributed by atoms with Crippen molar-refractivity contribution < 1.29 is 5.11 Å². The average Bonchev–Trinajstić information content (AvgIpc) is 2.88. The lowest BCUT2D eigenvalue weighted by Crippen LogP contribution is -2.01. The summed E-state index contributed by atoms with van der Waals surface area (Å²) < 4.78 is 0. The van der Waals surface area contributed by atoms with Crippen molar-refractivity contribution in [2.75, 3.05) is 27.8 Å². The molecular weight excluding hydrogens is 446 g/mol. The highest BCUT2D eigenvalue weighted by atomic mass is 16.3. The molecule has 5 aromatic rings. The van der Waals surface area contributed by atoms with Gasteiger partial charge in [-0.25, -0.2) is 0 Å². The first-order chi connectivity index (χ1) is 17.5. The van der Waals surface area contributed by atoms with Crippen molar-refractivity contribution >= 4 is 56.7 Å². The highest BCUT2D eigenvalue weighted by Gasteiger charge is 2.11. The summed E-state index contributed by atoms with van der Waals surface area (Å²) in [6.07, 6.45) is 2.06. The Morgan fingerprint density at radius 2 is 1.28 bits per heavy atom. The molecule has 0 aromatic heterocycles. The van der Waals surface area contributed by atoms with Crippen LogP contribution in [0.5, 0.6) is 5.75 Å². The Morgan fingerprint density at radius 3 is 1.94 bits per heavy atom. The summed E-state index contributed by atoms with van der Waals surface area (Å²) in [5.41, 5.74) is 25.4. The highest BCUT2D eigenvalue weighted by molar-refractivity contribution is 6.07. The molecule has 0 aliphatic heterocycles. The van der Waals surface area contributed by atoms with Crippen LogP contribution in [0.3, 0.4) is 0 Å². The minimum atomic E-state index is 0.149. The zero-order valence-corrected chi connectivity index (χ0v) is 19.6. The second-order valence-corrected chi connectivity index (χ2v) is 8.58. The number of nitrogens with one attached hydrogen (secondary N) is 2. The third-order valence-electron chi connectivity index (χ3n) is 5.96. The number of fused-ring (bicyclic) bond motifs is 1. The van der Waals surface area contributed by atoms with E-state index in [2.05, 4.69) is 16.7 Å². The minimum Gasteiger partial charge on any atom is -0.507 e. The monoisotopic (exact) mass is 473 g/mol. The van der Waals surface area contributed by atoms with Gasteiger partial charge in [-0.3, -0.25) is 0 Å². The molecule has 0 fully saturated rings. The van der Waals surface area contributed by atoms with Crippen molar-refractivity contribution in [1.29, 1.82) is 0 Å². The molecule has 178 valence electrons. The molecule has 0 amide bonds. The Hall–Kier alpha value is -5.10. The average molecular weight is 474 g/mol. The van der Waals surface area contributed by atoms with E-state index in [1.807, 2.05) is 91.0 Å². The van der Waals surface area contributed by atoms with Gasteiger partial charge >= 0.3 is 0 Å². The van der Waals surface area contributed by atoms with Crippen molar-refractivity contribution in [1.82, 2.24) is 0 Å². The molecule has 0 saturated heterocycles. The summed E-state index contributed by atoms with van der Waals surface area (Å²) in [5.74, 6) is 0.149. The van der Waals surface area contributed by atoms with Gasteiger partial charge in [-0.2, -0.15) is 0 Å². The van der Waals surface area contributed by atoms with Crippen LogP contribution >= 0.6 is 0 Å².